The van der Waals surface area contributed by atoms with Gasteiger partial charge in [0.2, 0.25) is 16.0 Å². The summed E-state index contributed by atoms with van der Waals surface area (Å²) in [5.74, 6) is 0.102. The molecule has 1 aliphatic rings. The van der Waals surface area contributed by atoms with Crippen molar-refractivity contribution in [3.63, 3.8) is 0 Å². The van der Waals surface area contributed by atoms with Crippen molar-refractivity contribution in [1.82, 2.24) is 15.2 Å². The second-order valence-electron chi connectivity index (χ2n) is 3.25. The molecule has 1 aromatic heterocycles. The number of aromatic amines is 1. The Kier molecular flexibility index (Phi) is 2.51. The van der Waals surface area contributed by atoms with Gasteiger partial charge >= 0.3 is 6.01 Å². The summed E-state index contributed by atoms with van der Waals surface area (Å²) in [5.41, 5.74) is 0. The zero-order valence-corrected chi connectivity index (χ0v) is 9.04. The van der Waals surface area contributed by atoms with Gasteiger partial charge in [-0.05, 0) is 19.8 Å². The van der Waals surface area contributed by atoms with E-state index in [1.54, 1.807) is 6.92 Å². The zero-order chi connectivity index (χ0) is 10.9. The van der Waals surface area contributed by atoms with E-state index in [9.17, 15) is 8.42 Å². The first-order chi connectivity index (χ1) is 7.12. The maximum atomic E-state index is 11.5. The van der Waals surface area contributed by atoms with Crippen molar-refractivity contribution in [2.45, 2.75) is 25.0 Å². The monoisotopic (exact) mass is 232 g/mol. The Morgan fingerprint density at radius 2 is 2.33 bits per heavy atom. The highest BCUT2D eigenvalue weighted by atomic mass is 32.2. The first-order valence-electron chi connectivity index (χ1n) is 4.68. The fourth-order valence-corrected chi connectivity index (χ4v) is 2.37. The number of hydrogen-bond acceptors (Lipinski definition) is 5. The molecule has 0 spiro atoms. The van der Waals surface area contributed by atoms with Crippen molar-refractivity contribution >= 4 is 16.0 Å². The predicted octanol–water partition coefficient (Wildman–Crippen LogP) is 0.107. The Balaban J connectivity index is 2.04. The van der Waals surface area contributed by atoms with Gasteiger partial charge in [0, 0.05) is 0 Å². The summed E-state index contributed by atoms with van der Waals surface area (Å²) in [6.45, 7) is 2.23. The van der Waals surface area contributed by atoms with Gasteiger partial charge in [-0.1, -0.05) is 0 Å². The van der Waals surface area contributed by atoms with Crippen LogP contribution >= 0.6 is 0 Å². The van der Waals surface area contributed by atoms with E-state index in [1.807, 2.05) is 0 Å². The van der Waals surface area contributed by atoms with Gasteiger partial charge in [-0.2, -0.15) is 4.98 Å². The molecule has 1 aromatic rings. The second-order valence-corrected chi connectivity index (χ2v) is 5.21. The van der Waals surface area contributed by atoms with Crippen LogP contribution in [0.2, 0.25) is 0 Å². The Hall–Kier alpha value is -1.31. The van der Waals surface area contributed by atoms with Crippen LogP contribution in [0, 0.1) is 0 Å². The van der Waals surface area contributed by atoms with Crippen LogP contribution < -0.4 is 9.46 Å². The molecule has 0 aliphatic heterocycles. The average molecular weight is 232 g/mol. The molecule has 0 bridgehead atoms. The lowest BCUT2D eigenvalue weighted by molar-refractivity contribution is 0.314. The second kappa shape index (κ2) is 3.69. The summed E-state index contributed by atoms with van der Waals surface area (Å²) in [7, 11) is -3.28. The smallest absolute Gasteiger partial charge is 0.337 e. The maximum Gasteiger partial charge on any atom is 0.337 e. The fraction of sp³-hybridized carbons (Fsp3) is 0.714. The lowest BCUT2D eigenvalue weighted by atomic mass is 10.9. The number of sulfonamides is 1. The summed E-state index contributed by atoms with van der Waals surface area (Å²) in [6.07, 6.45) is 1.42. The maximum absolute atomic E-state index is 11.5. The number of nitrogens with zero attached hydrogens (tertiary/aromatic N) is 2. The van der Waals surface area contributed by atoms with Crippen LogP contribution in [0.25, 0.3) is 0 Å². The van der Waals surface area contributed by atoms with E-state index >= 15 is 0 Å². The van der Waals surface area contributed by atoms with Crippen LogP contribution in [0.5, 0.6) is 6.01 Å². The van der Waals surface area contributed by atoms with Gasteiger partial charge < -0.3 is 4.74 Å². The number of nitrogens with one attached hydrogen (secondary N) is 2. The lowest BCUT2D eigenvalue weighted by Gasteiger charge is -2.01. The largest absolute Gasteiger partial charge is 0.463 e. The van der Waals surface area contributed by atoms with Gasteiger partial charge in [0.25, 0.3) is 0 Å². The number of hydrogen-bond donors (Lipinski definition) is 2. The topological polar surface area (TPSA) is 97.0 Å². The van der Waals surface area contributed by atoms with Crippen LogP contribution in [-0.2, 0) is 10.0 Å². The number of rotatable bonds is 5. The third-order valence-electron chi connectivity index (χ3n) is 1.94. The molecule has 0 aromatic carbocycles. The zero-order valence-electron chi connectivity index (χ0n) is 8.23. The SMILES string of the molecule is CCOc1n[nH]c(NS(=O)(=O)C2CC2)n1. The molecule has 0 atom stereocenters. The van der Waals surface area contributed by atoms with E-state index in [2.05, 4.69) is 19.9 Å². The number of anilines is 1. The molecule has 1 saturated carbocycles. The third kappa shape index (κ3) is 2.38. The van der Waals surface area contributed by atoms with Gasteiger partial charge in [-0.25, -0.2) is 13.5 Å². The number of ether oxygens (including phenoxy) is 1. The molecule has 2 N–H and O–H groups in total. The highest BCUT2D eigenvalue weighted by Gasteiger charge is 2.36. The Morgan fingerprint density at radius 1 is 1.60 bits per heavy atom. The molecule has 84 valence electrons. The molecule has 0 radical (unpaired) electrons. The number of H-pyrrole nitrogens is 1. The average Bonchev–Trinajstić information content (AvgIpc) is 2.92. The van der Waals surface area contributed by atoms with E-state index < -0.39 is 10.0 Å². The molecule has 1 heterocycles. The van der Waals surface area contributed by atoms with E-state index in [0.29, 0.717) is 19.4 Å². The van der Waals surface area contributed by atoms with E-state index in [0.717, 1.165) is 0 Å². The van der Waals surface area contributed by atoms with Gasteiger partial charge in [0.15, 0.2) is 0 Å². The van der Waals surface area contributed by atoms with Crippen molar-refractivity contribution in [1.29, 1.82) is 0 Å². The summed E-state index contributed by atoms with van der Waals surface area (Å²) in [5, 5.41) is 5.86. The highest BCUT2D eigenvalue weighted by Crippen LogP contribution is 2.29. The minimum absolute atomic E-state index is 0.102. The standard InChI is InChI=1S/C7H12N4O3S/c1-2-14-7-8-6(9-10-7)11-15(12,13)5-3-4-5/h5H,2-4H2,1H3,(H2,8,9,10,11). The molecule has 7 nitrogen and oxygen atoms in total. The van der Waals surface area contributed by atoms with Crippen LogP contribution in [0.1, 0.15) is 19.8 Å². The van der Waals surface area contributed by atoms with Crippen LogP contribution in [0.4, 0.5) is 5.95 Å². The summed E-state index contributed by atoms with van der Waals surface area (Å²) < 4.78 is 30.3. The van der Waals surface area contributed by atoms with Crippen LogP contribution in [0.3, 0.4) is 0 Å². The molecule has 1 fully saturated rings. The van der Waals surface area contributed by atoms with Gasteiger partial charge in [0.1, 0.15) is 0 Å². The molecule has 8 heteroatoms. The Bertz CT molecular complexity index is 437. The summed E-state index contributed by atoms with van der Waals surface area (Å²) in [6, 6.07) is 0.144. The minimum atomic E-state index is -3.28. The van der Waals surface area contributed by atoms with Gasteiger partial charge in [-0.15, -0.1) is 5.10 Å². The number of aromatic nitrogens is 3. The highest BCUT2D eigenvalue weighted by molar-refractivity contribution is 7.93. The van der Waals surface area contributed by atoms with Crippen molar-refractivity contribution in [2.24, 2.45) is 0 Å². The first-order valence-corrected chi connectivity index (χ1v) is 6.23. The summed E-state index contributed by atoms with van der Waals surface area (Å²) >= 11 is 0. The van der Waals surface area contributed by atoms with Crippen molar-refractivity contribution in [3.8, 4) is 6.01 Å². The van der Waals surface area contributed by atoms with E-state index in [1.165, 1.54) is 0 Å². The fourth-order valence-electron chi connectivity index (χ4n) is 1.08. The molecule has 0 unspecified atom stereocenters. The molecule has 15 heavy (non-hydrogen) atoms. The lowest BCUT2D eigenvalue weighted by Crippen LogP contribution is -2.18. The van der Waals surface area contributed by atoms with E-state index in [-0.39, 0.29) is 17.2 Å². The van der Waals surface area contributed by atoms with Crippen molar-refractivity contribution < 1.29 is 13.2 Å². The summed E-state index contributed by atoms with van der Waals surface area (Å²) in [4.78, 5) is 3.82. The van der Waals surface area contributed by atoms with Crippen LogP contribution in [0.15, 0.2) is 0 Å². The molecule has 0 saturated heterocycles. The van der Waals surface area contributed by atoms with E-state index in [4.69, 9.17) is 4.74 Å². The quantitative estimate of drug-likeness (QED) is 0.750. The van der Waals surface area contributed by atoms with Crippen LogP contribution in [-0.4, -0.2) is 35.5 Å². The van der Waals surface area contributed by atoms with Gasteiger partial charge in [-0.3, -0.25) is 4.72 Å². The van der Waals surface area contributed by atoms with Crippen molar-refractivity contribution in [3.05, 3.63) is 0 Å². The normalized spacial score (nSPS) is 16.3. The molecular weight excluding hydrogens is 220 g/mol. The predicted molar refractivity (Wildman–Crippen MR) is 53.1 cm³/mol. The molecule has 2 rings (SSSR count). The Labute approximate surface area is 87.3 Å². The third-order valence-corrected chi connectivity index (χ3v) is 3.77. The molecule has 0 amide bonds. The molecule has 1 aliphatic carbocycles. The Morgan fingerprint density at radius 3 is 2.93 bits per heavy atom. The van der Waals surface area contributed by atoms with Crippen molar-refractivity contribution in [2.75, 3.05) is 11.3 Å². The minimum Gasteiger partial charge on any atom is -0.463 e. The van der Waals surface area contributed by atoms with Gasteiger partial charge in [0.05, 0.1) is 11.9 Å². The first kappa shape index (κ1) is 10.2. The molecular formula is C7H12N4O3S.